The largest absolute Gasteiger partial charge is 0.313 e. The molecule has 5 heteroatoms. The third-order valence-electron chi connectivity index (χ3n) is 3.27. The SMILES string of the molecule is CCCC(C)(C)C(=O)C1(CO[N+](=O)[O-])CC1. The molecule has 5 nitrogen and oxygen atoms in total. The molecule has 0 heterocycles. The molecule has 1 aliphatic carbocycles. The van der Waals surface area contributed by atoms with E-state index in [1.165, 1.54) is 0 Å². The predicted octanol–water partition coefficient (Wildman–Crippen LogP) is 2.37. The Bertz CT molecular complexity index is 294. The summed E-state index contributed by atoms with van der Waals surface area (Å²) in [5.74, 6) is 0.115. The van der Waals surface area contributed by atoms with Gasteiger partial charge in [-0.3, -0.25) is 4.79 Å². The van der Waals surface area contributed by atoms with Gasteiger partial charge in [-0.1, -0.05) is 27.2 Å². The molecular formula is C11H19NO4. The maximum atomic E-state index is 12.2. The molecule has 0 aromatic carbocycles. The Morgan fingerprint density at radius 1 is 1.50 bits per heavy atom. The number of carbonyl (C=O) groups is 1. The molecule has 0 aromatic rings. The maximum Gasteiger partial charge on any atom is 0.294 e. The van der Waals surface area contributed by atoms with Gasteiger partial charge in [0.15, 0.2) is 0 Å². The molecule has 0 N–H and O–H groups in total. The Kier molecular flexibility index (Phi) is 3.55. The van der Waals surface area contributed by atoms with Crippen molar-refractivity contribution in [3.05, 3.63) is 10.1 Å². The lowest BCUT2D eigenvalue weighted by Gasteiger charge is -2.27. The van der Waals surface area contributed by atoms with Crippen LogP contribution in [0, 0.1) is 20.9 Å². The molecule has 0 amide bonds. The third kappa shape index (κ3) is 2.71. The second-order valence-electron chi connectivity index (χ2n) is 5.24. The van der Waals surface area contributed by atoms with E-state index in [0.717, 1.165) is 12.8 Å². The monoisotopic (exact) mass is 229 g/mol. The fraction of sp³-hybridized carbons (Fsp3) is 0.909. The van der Waals surface area contributed by atoms with Crippen LogP contribution in [0.5, 0.6) is 0 Å². The quantitative estimate of drug-likeness (QED) is 0.496. The molecule has 92 valence electrons. The smallest absolute Gasteiger partial charge is 0.294 e. The van der Waals surface area contributed by atoms with Crippen LogP contribution < -0.4 is 0 Å². The van der Waals surface area contributed by atoms with Crippen molar-refractivity contribution < 1.29 is 14.7 Å². The lowest BCUT2D eigenvalue weighted by molar-refractivity contribution is -0.759. The van der Waals surface area contributed by atoms with E-state index in [9.17, 15) is 14.9 Å². The standard InChI is InChI=1S/C11H19NO4/c1-4-5-10(2,3)9(13)11(6-7-11)8-16-12(14)15/h4-8H2,1-3H3. The van der Waals surface area contributed by atoms with E-state index in [-0.39, 0.29) is 12.4 Å². The molecule has 0 radical (unpaired) electrons. The van der Waals surface area contributed by atoms with E-state index < -0.39 is 15.9 Å². The van der Waals surface area contributed by atoms with E-state index in [2.05, 4.69) is 4.84 Å². The number of hydrogen-bond acceptors (Lipinski definition) is 4. The first-order chi connectivity index (χ1) is 7.34. The first kappa shape index (κ1) is 12.9. The first-order valence-corrected chi connectivity index (χ1v) is 5.66. The van der Waals surface area contributed by atoms with Crippen LogP contribution in [0.3, 0.4) is 0 Å². The zero-order valence-electron chi connectivity index (χ0n) is 10.1. The Morgan fingerprint density at radius 2 is 2.06 bits per heavy atom. The van der Waals surface area contributed by atoms with Crippen LogP contribution in [0.25, 0.3) is 0 Å². The van der Waals surface area contributed by atoms with Crippen LogP contribution in [0.2, 0.25) is 0 Å². The predicted molar refractivity (Wildman–Crippen MR) is 58.3 cm³/mol. The number of nitrogens with zero attached hydrogens (tertiary/aromatic N) is 1. The summed E-state index contributed by atoms with van der Waals surface area (Å²) in [4.78, 5) is 26.8. The molecular weight excluding hydrogens is 210 g/mol. The Morgan fingerprint density at radius 3 is 2.44 bits per heavy atom. The van der Waals surface area contributed by atoms with Crippen molar-refractivity contribution >= 4 is 5.78 Å². The number of hydrogen-bond donors (Lipinski definition) is 0. The van der Waals surface area contributed by atoms with Crippen LogP contribution in [0.1, 0.15) is 46.5 Å². The molecule has 0 saturated heterocycles. The Labute approximate surface area is 95.3 Å². The van der Waals surface area contributed by atoms with Crippen molar-refractivity contribution in [1.29, 1.82) is 0 Å². The van der Waals surface area contributed by atoms with Crippen molar-refractivity contribution in [1.82, 2.24) is 0 Å². The molecule has 0 aromatic heterocycles. The second-order valence-corrected chi connectivity index (χ2v) is 5.24. The van der Waals surface area contributed by atoms with Gasteiger partial charge in [0.05, 0.1) is 5.41 Å². The number of carbonyl (C=O) groups excluding carboxylic acids is 1. The van der Waals surface area contributed by atoms with Gasteiger partial charge in [0.2, 0.25) is 0 Å². The molecule has 1 saturated carbocycles. The summed E-state index contributed by atoms with van der Waals surface area (Å²) in [6.45, 7) is 5.77. The van der Waals surface area contributed by atoms with Gasteiger partial charge in [-0.25, -0.2) is 0 Å². The molecule has 0 spiro atoms. The van der Waals surface area contributed by atoms with Gasteiger partial charge >= 0.3 is 0 Å². The highest BCUT2D eigenvalue weighted by atomic mass is 16.9. The molecule has 1 aliphatic rings. The maximum absolute atomic E-state index is 12.2. The van der Waals surface area contributed by atoms with E-state index in [0.29, 0.717) is 12.8 Å². The van der Waals surface area contributed by atoms with Crippen LogP contribution >= 0.6 is 0 Å². The summed E-state index contributed by atoms with van der Waals surface area (Å²) < 4.78 is 0. The molecule has 0 bridgehead atoms. The number of ketones is 1. The van der Waals surface area contributed by atoms with E-state index in [1.807, 2.05) is 20.8 Å². The molecule has 0 aliphatic heterocycles. The minimum Gasteiger partial charge on any atom is -0.313 e. The summed E-state index contributed by atoms with van der Waals surface area (Å²) in [7, 11) is 0. The highest BCUT2D eigenvalue weighted by Crippen LogP contribution is 2.51. The van der Waals surface area contributed by atoms with Crippen LogP contribution in [0.15, 0.2) is 0 Å². The van der Waals surface area contributed by atoms with Gasteiger partial charge in [-0.15, -0.1) is 10.1 Å². The highest BCUT2D eigenvalue weighted by Gasteiger charge is 2.54. The average Bonchev–Trinajstić information content (AvgIpc) is 2.94. The zero-order valence-corrected chi connectivity index (χ0v) is 10.1. The van der Waals surface area contributed by atoms with Gasteiger partial charge in [-0.2, -0.15) is 0 Å². The van der Waals surface area contributed by atoms with Gasteiger partial charge in [0.25, 0.3) is 5.09 Å². The summed E-state index contributed by atoms with van der Waals surface area (Å²) in [6.07, 6.45) is 3.18. The van der Waals surface area contributed by atoms with E-state index in [1.54, 1.807) is 0 Å². The molecule has 0 atom stereocenters. The minimum absolute atomic E-state index is 0.0774. The second kappa shape index (κ2) is 4.39. The third-order valence-corrected chi connectivity index (χ3v) is 3.27. The van der Waals surface area contributed by atoms with Crippen LogP contribution in [0.4, 0.5) is 0 Å². The molecule has 16 heavy (non-hydrogen) atoms. The number of rotatable bonds is 7. The van der Waals surface area contributed by atoms with Crippen molar-refractivity contribution in [2.45, 2.75) is 46.5 Å². The topological polar surface area (TPSA) is 69.4 Å². The van der Waals surface area contributed by atoms with Crippen molar-refractivity contribution in [3.8, 4) is 0 Å². The Hall–Kier alpha value is -1.13. The molecule has 0 unspecified atom stereocenters. The van der Waals surface area contributed by atoms with Crippen molar-refractivity contribution in [3.63, 3.8) is 0 Å². The average molecular weight is 229 g/mol. The summed E-state index contributed by atoms with van der Waals surface area (Å²) in [5.41, 5.74) is -0.975. The number of Topliss-reactive ketones (excluding diaryl/α,β-unsaturated/α-hetero) is 1. The normalized spacial score (nSPS) is 17.9. The van der Waals surface area contributed by atoms with Crippen molar-refractivity contribution in [2.75, 3.05) is 6.61 Å². The van der Waals surface area contributed by atoms with E-state index >= 15 is 0 Å². The van der Waals surface area contributed by atoms with E-state index in [4.69, 9.17) is 0 Å². The summed E-state index contributed by atoms with van der Waals surface area (Å²) >= 11 is 0. The van der Waals surface area contributed by atoms with Gasteiger partial charge in [0.1, 0.15) is 12.4 Å². The fourth-order valence-corrected chi connectivity index (χ4v) is 2.22. The van der Waals surface area contributed by atoms with Crippen molar-refractivity contribution in [2.24, 2.45) is 10.8 Å². The first-order valence-electron chi connectivity index (χ1n) is 5.66. The van der Waals surface area contributed by atoms with Gasteiger partial charge in [0, 0.05) is 5.41 Å². The van der Waals surface area contributed by atoms with Crippen LogP contribution in [-0.2, 0) is 9.63 Å². The molecule has 1 rings (SSSR count). The fourth-order valence-electron chi connectivity index (χ4n) is 2.22. The Balaban J connectivity index is 2.62. The van der Waals surface area contributed by atoms with Gasteiger partial charge < -0.3 is 4.84 Å². The lowest BCUT2D eigenvalue weighted by atomic mass is 9.76. The summed E-state index contributed by atoms with van der Waals surface area (Å²) in [5, 5.41) is 9.32. The highest BCUT2D eigenvalue weighted by molar-refractivity contribution is 5.92. The van der Waals surface area contributed by atoms with Gasteiger partial charge in [-0.05, 0) is 19.3 Å². The van der Waals surface area contributed by atoms with Crippen LogP contribution in [-0.4, -0.2) is 17.5 Å². The lowest BCUT2D eigenvalue weighted by Crippen LogP contribution is -2.35. The molecule has 1 fully saturated rings. The zero-order chi connectivity index (χ0) is 12.4. The minimum atomic E-state index is -0.819. The summed E-state index contributed by atoms with van der Waals surface area (Å²) in [6, 6.07) is 0.